The quantitative estimate of drug-likeness (QED) is 0.841. The van der Waals surface area contributed by atoms with Gasteiger partial charge in [-0.3, -0.25) is 4.79 Å². The molecule has 0 amide bonds. The van der Waals surface area contributed by atoms with Crippen molar-refractivity contribution in [3.05, 3.63) is 23.8 Å². The Morgan fingerprint density at radius 2 is 1.95 bits per heavy atom. The van der Waals surface area contributed by atoms with E-state index >= 15 is 0 Å². The van der Waals surface area contributed by atoms with Gasteiger partial charge < -0.3 is 14.6 Å². The Morgan fingerprint density at radius 3 is 2.60 bits per heavy atom. The van der Waals surface area contributed by atoms with E-state index in [1.54, 1.807) is 18.2 Å². The highest BCUT2D eigenvalue weighted by Crippen LogP contribution is 2.31. The second kappa shape index (κ2) is 5.68. The maximum absolute atomic E-state index is 11.7. The molecule has 1 heterocycles. The zero-order valence-corrected chi connectivity index (χ0v) is 11.7. The Labute approximate surface area is 116 Å². The van der Waals surface area contributed by atoms with Crippen molar-refractivity contribution >= 4 is 16.0 Å². The number of sulfonamides is 1. The standard InChI is InChI=1S/C12H15NO6S/c1-13(20(16,17)8-12(14)15)7-9-2-3-10-11(6-9)19-5-4-18-10/h2-3,6H,4-5,7-8H2,1H3,(H,14,15). The molecule has 8 heteroatoms. The first-order valence-corrected chi connectivity index (χ1v) is 7.54. The average Bonchev–Trinajstić information content (AvgIpc) is 2.37. The van der Waals surface area contributed by atoms with Crippen LogP contribution in [-0.4, -0.2) is 49.8 Å². The summed E-state index contributed by atoms with van der Waals surface area (Å²) >= 11 is 0. The molecule has 7 nitrogen and oxygen atoms in total. The van der Waals surface area contributed by atoms with Gasteiger partial charge >= 0.3 is 5.97 Å². The summed E-state index contributed by atoms with van der Waals surface area (Å²) in [4.78, 5) is 10.5. The van der Waals surface area contributed by atoms with Gasteiger partial charge in [0.15, 0.2) is 17.3 Å². The minimum Gasteiger partial charge on any atom is -0.486 e. The van der Waals surface area contributed by atoms with Crippen LogP contribution in [0.5, 0.6) is 11.5 Å². The number of ether oxygens (including phenoxy) is 2. The van der Waals surface area contributed by atoms with Crippen LogP contribution in [0.2, 0.25) is 0 Å². The van der Waals surface area contributed by atoms with Crippen LogP contribution in [0.4, 0.5) is 0 Å². The van der Waals surface area contributed by atoms with Gasteiger partial charge in [0.1, 0.15) is 13.2 Å². The third kappa shape index (κ3) is 3.40. The van der Waals surface area contributed by atoms with Gasteiger partial charge in [-0.15, -0.1) is 0 Å². The summed E-state index contributed by atoms with van der Waals surface area (Å²) in [5.41, 5.74) is 0.700. The molecule has 0 fully saturated rings. The molecule has 0 spiro atoms. The molecule has 0 aromatic heterocycles. The van der Waals surface area contributed by atoms with Gasteiger partial charge in [0.05, 0.1) is 0 Å². The number of hydrogen-bond acceptors (Lipinski definition) is 5. The van der Waals surface area contributed by atoms with Crippen LogP contribution in [0.25, 0.3) is 0 Å². The number of benzene rings is 1. The van der Waals surface area contributed by atoms with Crippen LogP contribution in [0.15, 0.2) is 18.2 Å². The van der Waals surface area contributed by atoms with Crippen molar-refractivity contribution in [1.29, 1.82) is 0 Å². The van der Waals surface area contributed by atoms with Crippen molar-refractivity contribution in [2.24, 2.45) is 0 Å². The van der Waals surface area contributed by atoms with E-state index in [1.165, 1.54) is 7.05 Å². The van der Waals surface area contributed by atoms with E-state index in [-0.39, 0.29) is 6.54 Å². The topological polar surface area (TPSA) is 93.1 Å². The van der Waals surface area contributed by atoms with Gasteiger partial charge in [-0.05, 0) is 17.7 Å². The Morgan fingerprint density at radius 1 is 1.30 bits per heavy atom. The fraction of sp³-hybridized carbons (Fsp3) is 0.417. The Balaban J connectivity index is 2.12. The smallest absolute Gasteiger partial charge is 0.320 e. The zero-order chi connectivity index (χ0) is 14.8. The molecule has 20 heavy (non-hydrogen) atoms. The molecule has 0 saturated heterocycles. The first-order valence-electron chi connectivity index (χ1n) is 5.93. The predicted molar refractivity (Wildman–Crippen MR) is 70.3 cm³/mol. The monoisotopic (exact) mass is 301 g/mol. The summed E-state index contributed by atoms with van der Waals surface area (Å²) in [5, 5.41) is 8.58. The summed E-state index contributed by atoms with van der Waals surface area (Å²) in [6.07, 6.45) is 0. The molecule has 0 atom stereocenters. The molecular weight excluding hydrogens is 286 g/mol. The number of nitrogens with zero attached hydrogens (tertiary/aromatic N) is 1. The van der Waals surface area contributed by atoms with E-state index in [0.29, 0.717) is 30.3 Å². The maximum Gasteiger partial charge on any atom is 0.320 e. The molecule has 110 valence electrons. The van der Waals surface area contributed by atoms with Crippen molar-refractivity contribution in [3.63, 3.8) is 0 Å². The number of aliphatic carboxylic acids is 1. The highest BCUT2D eigenvalue weighted by Gasteiger charge is 2.22. The van der Waals surface area contributed by atoms with E-state index in [4.69, 9.17) is 14.6 Å². The molecule has 0 aliphatic carbocycles. The van der Waals surface area contributed by atoms with Crippen LogP contribution in [-0.2, 0) is 21.4 Å². The van der Waals surface area contributed by atoms with E-state index < -0.39 is 21.7 Å². The maximum atomic E-state index is 11.7. The van der Waals surface area contributed by atoms with Gasteiger partial charge in [0.25, 0.3) is 0 Å². The van der Waals surface area contributed by atoms with E-state index in [2.05, 4.69) is 0 Å². The van der Waals surface area contributed by atoms with Crippen molar-refractivity contribution in [1.82, 2.24) is 4.31 Å². The lowest BCUT2D eigenvalue weighted by Gasteiger charge is -2.20. The minimum absolute atomic E-state index is 0.0756. The minimum atomic E-state index is -3.82. The normalized spacial score (nSPS) is 14.3. The average molecular weight is 301 g/mol. The lowest BCUT2D eigenvalue weighted by molar-refractivity contribution is -0.134. The number of carbonyl (C=O) groups is 1. The van der Waals surface area contributed by atoms with Crippen molar-refractivity contribution in [3.8, 4) is 11.5 Å². The number of carboxylic acids is 1. The molecule has 1 aliphatic heterocycles. The van der Waals surface area contributed by atoms with Gasteiger partial charge in [0.2, 0.25) is 10.0 Å². The number of carboxylic acid groups (broad SMARTS) is 1. The van der Waals surface area contributed by atoms with Crippen LogP contribution in [0.3, 0.4) is 0 Å². The molecule has 1 aromatic rings. The number of rotatable bonds is 5. The summed E-state index contributed by atoms with van der Waals surface area (Å²) in [7, 11) is -2.47. The lowest BCUT2D eigenvalue weighted by Crippen LogP contribution is -2.31. The first kappa shape index (κ1) is 14.6. The Hall–Kier alpha value is -1.80. The van der Waals surface area contributed by atoms with Gasteiger partial charge in [-0.1, -0.05) is 6.07 Å². The van der Waals surface area contributed by atoms with E-state index in [9.17, 15) is 13.2 Å². The molecule has 1 aliphatic rings. The molecular formula is C12H15NO6S. The van der Waals surface area contributed by atoms with Crippen molar-refractivity contribution < 1.29 is 27.8 Å². The highest BCUT2D eigenvalue weighted by atomic mass is 32.2. The first-order chi connectivity index (χ1) is 9.38. The molecule has 0 bridgehead atoms. The van der Waals surface area contributed by atoms with E-state index in [1.807, 2.05) is 0 Å². The zero-order valence-electron chi connectivity index (χ0n) is 10.9. The van der Waals surface area contributed by atoms with Crippen LogP contribution in [0.1, 0.15) is 5.56 Å². The summed E-state index contributed by atoms with van der Waals surface area (Å²) in [6, 6.07) is 5.13. The highest BCUT2D eigenvalue weighted by molar-refractivity contribution is 7.89. The third-order valence-electron chi connectivity index (χ3n) is 2.79. The second-order valence-electron chi connectivity index (χ2n) is 4.38. The predicted octanol–water partition coefficient (Wildman–Crippen LogP) is 0.304. The third-order valence-corrected chi connectivity index (χ3v) is 4.48. The van der Waals surface area contributed by atoms with Crippen molar-refractivity contribution in [2.45, 2.75) is 6.54 Å². The van der Waals surface area contributed by atoms with E-state index in [0.717, 1.165) is 4.31 Å². The number of fused-ring (bicyclic) bond motifs is 1. The molecule has 0 unspecified atom stereocenters. The van der Waals surface area contributed by atoms with Gasteiger partial charge in [-0.25, -0.2) is 12.7 Å². The molecule has 0 saturated carbocycles. The molecule has 1 aromatic carbocycles. The Bertz CT molecular complexity index is 612. The summed E-state index contributed by atoms with van der Waals surface area (Å²) in [5.74, 6) is -1.11. The van der Waals surface area contributed by atoms with Crippen molar-refractivity contribution in [2.75, 3.05) is 26.0 Å². The van der Waals surface area contributed by atoms with Gasteiger partial charge in [-0.2, -0.15) is 0 Å². The summed E-state index contributed by atoms with van der Waals surface area (Å²) in [6.45, 7) is 1.01. The number of hydrogen-bond donors (Lipinski definition) is 1. The largest absolute Gasteiger partial charge is 0.486 e. The second-order valence-corrected chi connectivity index (χ2v) is 6.46. The summed E-state index contributed by atoms with van der Waals surface area (Å²) < 4.78 is 35.2. The van der Waals surface area contributed by atoms with Crippen LogP contribution < -0.4 is 9.47 Å². The fourth-order valence-electron chi connectivity index (χ4n) is 1.81. The van der Waals surface area contributed by atoms with Crippen LogP contribution >= 0.6 is 0 Å². The molecule has 2 rings (SSSR count). The Kier molecular flexibility index (Phi) is 4.15. The van der Waals surface area contributed by atoms with Gasteiger partial charge in [0, 0.05) is 13.6 Å². The lowest BCUT2D eigenvalue weighted by atomic mass is 10.2. The molecule has 0 radical (unpaired) electrons. The molecule has 1 N–H and O–H groups in total. The van der Waals surface area contributed by atoms with Crippen LogP contribution in [0, 0.1) is 0 Å². The fourth-order valence-corrected chi connectivity index (χ4v) is 2.69. The SMILES string of the molecule is CN(Cc1ccc2c(c1)OCCO2)S(=O)(=O)CC(=O)O.